The number of allylic oxidation sites excluding steroid dienone is 2. The molecule has 0 unspecified atom stereocenters. The molecule has 4 rings (SSSR count). The second-order valence-corrected chi connectivity index (χ2v) is 7.59. The number of hydrogen-bond donors (Lipinski definition) is 0. The van der Waals surface area contributed by atoms with Crippen LogP contribution in [-0.4, -0.2) is 14.2 Å². The fraction of sp³-hybridized carbons (Fsp3) is 0.0667. The fourth-order valence-corrected chi connectivity index (χ4v) is 3.76. The van der Waals surface area contributed by atoms with Crippen molar-refractivity contribution in [2.75, 3.05) is 14.2 Å². The average Bonchev–Trinajstić information content (AvgIpc) is 2.92. The van der Waals surface area contributed by atoms with Gasteiger partial charge in [-0.3, -0.25) is 0 Å². The van der Waals surface area contributed by atoms with E-state index in [4.69, 9.17) is 9.47 Å². The maximum absolute atomic E-state index is 9.88. The van der Waals surface area contributed by atoms with E-state index < -0.39 is 0 Å². The molecule has 0 N–H and O–H groups in total. The molecule has 0 aromatic heterocycles. The van der Waals surface area contributed by atoms with Gasteiger partial charge in [-0.2, -0.15) is 10.5 Å². The number of benzene rings is 4. The average molecular weight is 443 g/mol. The van der Waals surface area contributed by atoms with E-state index in [1.807, 2.05) is 97.1 Å². The Morgan fingerprint density at radius 2 is 0.735 bits per heavy atom. The molecule has 0 fully saturated rings. The summed E-state index contributed by atoms with van der Waals surface area (Å²) in [7, 11) is 3.28. The van der Waals surface area contributed by atoms with Crippen molar-refractivity contribution in [1.82, 2.24) is 0 Å². The van der Waals surface area contributed by atoms with E-state index in [2.05, 4.69) is 12.1 Å². The van der Waals surface area contributed by atoms with Gasteiger partial charge in [0.15, 0.2) is 0 Å². The van der Waals surface area contributed by atoms with Gasteiger partial charge in [0.05, 0.1) is 25.4 Å². The number of rotatable bonds is 6. The predicted molar refractivity (Wildman–Crippen MR) is 135 cm³/mol. The van der Waals surface area contributed by atoms with Gasteiger partial charge in [0, 0.05) is 0 Å². The number of hydrogen-bond acceptors (Lipinski definition) is 4. The molecule has 4 heteroatoms. The Morgan fingerprint density at radius 1 is 0.471 bits per heavy atom. The van der Waals surface area contributed by atoms with E-state index in [0.717, 1.165) is 33.8 Å². The third-order valence-corrected chi connectivity index (χ3v) is 5.67. The summed E-state index contributed by atoms with van der Waals surface area (Å²) >= 11 is 0. The van der Waals surface area contributed by atoms with Gasteiger partial charge in [-0.15, -0.1) is 0 Å². The molecule has 0 aliphatic rings. The lowest BCUT2D eigenvalue weighted by molar-refractivity contribution is 0.415. The third-order valence-electron chi connectivity index (χ3n) is 5.67. The van der Waals surface area contributed by atoms with Crippen LogP contribution in [0.2, 0.25) is 0 Å². The van der Waals surface area contributed by atoms with E-state index in [1.165, 1.54) is 0 Å². The highest BCUT2D eigenvalue weighted by Gasteiger charge is 2.12. The summed E-state index contributed by atoms with van der Waals surface area (Å²) in [6, 6.07) is 35.4. The highest BCUT2D eigenvalue weighted by Crippen LogP contribution is 2.30. The summed E-state index contributed by atoms with van der Waals surface area (Å²) in [5.41, 5.74) is 6.24. The molecule has 0 bridgehead atoms. The first-order valence-corrected chi connectivity index (χ1v) is 10.7. The lowest BCUT2D eigenvalue weighted by Crippen LogP contribution is -1.91. The molecule has 0 aliphatic heterocycles. The first kappa shape index (κ1) is 22.4. The highest BCUT2D eigenvalue weighted by molar-refractivity contribution is 6.03. The molecule has 0 atom stereocenters. The largest absolute Gasteiger partial charge is 0.497 e. The molecule has 0 spiro atoms. The SMILES string of the molecule is COc1ccc(-c2ccc(/C(C#N)=C(\C#N)c3ccc(-c4ccc(OC)cc4)cc3)cc2)cc1. The zero-order chi connectivity index (χ0) is 23.9. The molecule has 0 saturated carbocycles. The van der Waals surface area contributed by atoms with Crippen LogP contribution in [0.1, 0.15) is 11.1 Å². The normalized spacial score (nSPS) is 11.1. The van der Waals surface area contributed by atoms with Gasteiger partial charge in [-0.25, -0.2) is 0 Å². The van der Waals surface area contributed by atoms with Crippen molar-refractivity contribution in [1.29, 1.82) is 10.5 Å². The Morgan fingerprint density at radius 3 is 0.971 bits per heavy atom. The molecule has 0 amide bonds. The molecule has 4 aromatic carbocycles. The van der Waals surface area contributed by atoms with Crippen LogP contribution < -0.4 is 9.47 Å². The summed E-state index contributed by atoms with van der Waals surface area (Å²) in [6.45, 7) is 0. The lowest BCUT2D eigenvalue weighted by Gasteiger charge is -2.08. The van der Waals surface area contributed by atoms with Gasteiger partial charge in [0.25, 0.3) is 0 Å². The molecule has 34 heavy (non-hydrogen) atoms. The first-order valence-electron chi connectivity index (χ1n) is 10.7. The van der Waals surface area contributed by atoms with Crippen molar-refractivity contribution in [3.63, 3.8) is 0 Å². The third kappa shape index (κ3) is 4.67. The predicted octanol–water partition coefficient (Wildman–Crippen LogP) is 7.00. The topological polar surface area (TPSA) is 66.0 Å². The molecule has 4 aromatic rings. The van der Waals surface area contributed by atoms with E-state index in [-0.39, 0.29) is 0 Å². The van der Waals surface area contributed by atoms with Crippen LogP contribution in [-0.2, 0) is 0 Å². The lowest BCUT2D eigenvalue weighted by atomic mass is 9.93. The van der Waals surface area contributed by atoms with Crippen LogP contribution in [0, 0.1) is 22.7 Å². The van der Waals surface area contributed by atoms with Gasteiger partial charge in [0.2, 0.25) is 0 Å². The Hall–Kier alpha value is -4.80. The maximum Gasteiger partial charge on any atom is 0.118 e. The van der Waals surface area contributed by atoms with Crippen molar-refractivity contribution in [3.05, 3.63) is 108 Å². The molecule has 0 aliphatic carbocycles. The second-order valence-electron chi connectivity index (χ2n) is 7.59. The summed E-state index contributed by atoms with van der Waals surface area (Å²) in [5.74, 6) is 1.60. The van der Waals surface area contributed by atoms with Crippen LogP contribution in [0.5, 0.6) is 11.5 Å². The van der Waals surface area contributed by atoms with Crippen LogP contribution in [0.4, 0.5) is 0 Å². The van der Waals surface area contributed by atoms with Gasteiger partial charge in [-0.1, -0.05) is 72.8 Å². The minimum atomic E-state index is 0.348. The minimum absolute atomic E-state index is 0.348. The van der Waals surface area contributed by atoms with E-state index >= 15 is 0 Å². The maximum atomic E-state index is 9.88. The molecule has 164 valence electrons. The summed E-state index contributed by atoms with van der Waals surface area (Å²) in [5, 5.41) is 19.8. The first-order chi connectivity index (χ1) is 16.7. The van der Waals surface area contributed by atoms with Crippen LogP contribution in [0.25, 0.3) is 33.4 Å². The van der Waals surface area contributed by atoms with Crippen molar-refractivity contribution in [3.8, 4) is 45.9 Å². The molecule has 4 nitrogen and oxygen atoms in total. The standard InChI is InChI=1S/C30H22N2O2/c1-33-27-15-11-23(12-16-27)21-3-7-25(8-4-21)29(19-31)30(20-32)26-9-5-22(6-10-26)24-13-17-28(34-2)18-14-24/h3-18H,1-2H3/b30-29+. The smallest absolute Gasteiger partial charge is 0.118 e. The van der Waals surface area contributed by atoms with E-state index in [9.17, 15) is 10.5 Å². The van der Waals surface area contributed by atoms with Crippen LogP contribution in [0.15, 0.2) is 97.1 Å². The summed E-state index contributed by atoms with van der Waals surface area (Å²) in [6.07, 6.45) is 0. The number of ether oxygens (including phenoxy) is 2. The van der Waals surface area contributed by atoms with E-state index in [1.54, 1.807) is 14.2 Å². The zero-order valence-corrected chi connectivity index (χ0v) is 18.9. The quantitative estimate of drug-likeness (QED) is 0.238. The van der Waals surface area contributed by atoms with Crippen LogP contribution in [0.3, 0.4) is 0 Å². The molecule has 0 radical (unpaired) electrons. The molecular weight excluding hydrogens is 420 g/mol. The van der Waals surface area contributed by atoms with Crippen molar-refractivity contribution in [2.24, 2.45) is 0 Å². The summed E-state index contributed by atoms with van der Waals surface area (Å²) in [4.78, 5) is 0. The Kier molecular flexibility index (Phi) is 6.73. The van der Waals surface area contributed by atoms with E-state index in [0.29, 0.717) is 22.3 Å². The minimum Gasteiger partial charge on any atom is -0.497 e. The monoisotopic (exact) mass is 442 g/mol. The molecular formula is C30H22N2O2. The van der Waals surface area contributed by atoms with Gasteiger partial charge in [-0.05, 0) is 57.6 Å². The van der Waals surface area contributed by atoms with Crippen molar-refractivity contribution < 1.29 is 9.47 Å². The van der Waals surface area contributed by atoms with Crippen molar-refractivity contribution in [2.45, 2.75) is 0 Å². The second kappa shape index (κ2) is 10.2. The zero-order valence-electron chi connectivity index (χ0n) is 18.9. The number of methoxy groups -OCH3 is 2. The Balaban J connectivity index is 1.64. The highest BCUT2D eigenvalue weighted by atomic mass is 16.5. The van der Waals surface area contributed by atoms with Crippen molar-refractivity contribution >= 4 is 11.1 Å². The van der Waals surface area contributed by atoms with Gasteiger partial charge >= 0.3 is 0 Å². The Bertz CT molecular complexity index is 1280. The van der Waals surface area contributed by atoms with Gasteiger partial charge < -0.3 is 9.47 Å². The van der Waals surface area contributed by atoms with Crippen LogP contribution >= 0.6 is 0 Å². The molecule has 0 saturated heterocycles. The number of nitrogens with zero attached hydrogens (tertiary/aromatic N) is 2. The Labute approximate surface area is 199 Å². The molecule has 0 heterocycles. The van der Waals surface area contributed by atoms with Gasteiger partial charge in [0.1, 0.15) is 23.6 Å². The number of nitriles is 2. The fourth-order valence-electron chi connectivity index (χ4n) is 3.76. The summed E-state index contributed by atoms with van der Waals surface area (Å²) < 4.78 is 10.4.